The molecule has 3 aromatic rings. The number of hydrogen-bond donors (Lipinski definition) is 0. The Hall–Kier alpha value is -1.04. The lowest BCUT2D eigenvalue weighted by atomic mass is 10.2. The average molecular weight is 372 g/mol. The highest BCUT2D eigenvalue weighted by Crippen LogP contribution is 2.32. The second kappa shape index (κ2) is 5.39. The molecule has 20 heavy (non-hydrogen) atoms. The summed E-state index contributed by atoms with van der Waals surface area (Å²) in [6.45, 7) is 2.06. The number of aryl methyl sites for hydroxylation is 1. The number of rotatable bonds is 2. The van der Waals surface area contributed by atoms with Gasteiger partial charge in [0.05, 0.1) is 4.88 Å². The molecule has 0 saturated carbocycles. The molecule has 0 amide bonds. The molecule has 6 heteroatoms. The molecule has 0 fully saturated rings. The quantitative estimate of drug-likeness (QED) is 0.558. The molecular weight excluding hydrogens is 363 g/mol. The maximum absolute atomic E-state index is 14.1. The van der Waals surface area contributed by atoms with E-state index >= 15 is 0 Å². The summed E-state index contributed by atoms with van der Waals surface area (Å²) in [6, 6.07) is 5.13. The van der Waals surface area contributed by atoms with E-state index in [1.165, 1.54) is 17.4 Å². The van der Waals surface area contributed by atoms with Gasteiger partial charge in [0.1, 0.15) is 10.7 Å². The van der Waals surface area contributed by atoms with Gasteiger partial charge in [0.15, 0.2) is 11.6 Å². The minimum absolute atomic E-state index is 0.249. The van der Waals surface area contributed by atoms with Crippen molar-refractivity contribution in [3.63, 3.8) is 0 Å². The number of halogens is 3. The summed E-state index contributed by atoms with van der Waals surface area (Å²) < 4.78 is 14.7. The van der Waals surface area contributed by atoms with Crippen LogP contribution in [0.4, 0.5) is 4.39 Å². The molecule has 0 unspecified atom stereocenters. The third kappa shape index (κ3) is 2.34. The average Bonchev–Trinajstić information content (AvgIpc) is 2.88. The van der Waals surface area contributed by atoms with Gasteiger partial charge >= 0.3 is 0 Å². The topological polar surface area (TPSA) is 25.8 Å². The van der Waals surface area contributed by atoms with Crippen molar-refractivity contribution in [3.8, 4) is 10.7 Å². The molecule has 1 aromatic carbocycles. The Kier molecular flexibility index (Phi) is 3.75. The van der Waals surface area contributed by atoms with E-state index in [4.69, 9.17) is 11.6 Å². The SMILES string of the molecule is CCc1ccsc1-c1nc(Cl)c2cc(Br)cc(F)c2n1. The molecule has 3 rings (SSSR count). The van der Waals surface area contributed by atoms with Gasteiger partial charge in [-0.1, -0.05) is 34.5 Å². The summed E-state index contributed by atoms with van der Waals surface area (Å²) in [4.78, 5) is 9.60. The van der Waals surface area contributed by atoms with Crippen molar-refractivity contribution in [2.75, 3.05) is 0 Å². The van der Waals surface area contributed by atoms with E-state index in [0.717, 1.165) is 16.9 Å². The zero-order chi connectivity index (χ0) is 14.3. The molecule has 0 N–H and O–H groups in total. The highest BCUT2D eigenvalue weighted by atomic mass is 79.9. The van der Waals surface area contributed by atoms with Crippen molar-refractivity contribution in [2.24, 2.45) is 0 Å². The first kappa shape index (κ1) is 13.9. The number of thiophene rings is 1. The highest BCUT2D eigenvalue weighted by molar-refractivity contribution is 9.10. The van der Waals surface area contributed by atoms with Gasteiger partial charge in [-0.3, -0.25) is 0 Å². The molecular formula is C14H9BrClFN2S. The Labute approximate surface area is 132 Å². The number of fused-ring (bicyclic) bond motifs is 1. The molecule has 102 valence electrons. The molecule has 2 aromatic heterocycles. The van der Waals surface area contributed by atoms with Gasteiger partial charge in [0.2, 0.25) is 0 Å². The van der Waals surface area contributed by atoms with Crippen LogP contribution in [0.1, 0.15) is 12.5 Å². The van der Waals surface area contributed by atoms with Crippen molar-refractivity contribution in [2.45, 2.75) is 13.3 Å². The molecule has 0 saturated heterocycles. The van der Waals surface area contributed by atoms with Crippen LogP contribution in [0.25, 0.3) is 21.6 Å². The molecule has 0 bridgehead atoms. The van der Waals surface area contributed by atoms with Crippen molar-refractivity contribution in [3.05, 3.63) is 44.6 Å². The largest absolute Gasteiger partial charge is 0.224 e. The predicted octanol–water partition coefficient (Wildman–Crippen LogP) is 5.48. The van der Waals surface area contributed by atoms with Gasteiger partial charge in [-0.2, -0.15) is 0 Å². The lowest BCUT2D eigenvalue weighted by molar-refractivity contribution is 0.636. The van der Waals surface area contributed by atoms with Crippen molar-refractivity contribution < 1.29 is 4.39 Å². The smallest absolute Gasteiger partial charge is 0.171 e. The van der Waals surface area contributed by atoms with Crippen LogP contribution in [-0.4, -0.2) is 9.97 Å². The van der Waals surface area contributed by atoms with Crippen LogP contribution in [0.5, 0.6) is 0 Å². The van der Waals surface area contributed by atoms with Crippen LogP contribution < -0.4 is 0 Å². The Balaban J connectivity index is 2.30. The standard InChI is InChI=1S/C14H9BrClFN2S/c1-2-7-3-4-20-12(7)14-18-11-9(13(16)19-14)5-8(15)6-10(11)17/h3-6H,2H2,1H3. The monoisotopic (exact) mass is 370 g/mol. The van der Waals surface area contributed by atoms with Crippen LogP contribution in [0.2, 0.25) is 5.15 Å². The number of nitrogens with zero attached hydrogens (tertiary/aromatic N) is 2. The summed E-state index contributed by atoms with van der Waals surface area (Å²) in [5, 5.41) is 2.76. The molecule has 0 aliphatic rings. The number of benzene rings is 1. The molecule has 2 heterocycles. The van der Waals surface area contributed by atoms with Crippen LogP contribution in [-0.2, 0) is 6.42 Å². The fourth-order valence-corrected chi connectivity index (χ4v) is 3.62. The minimum atomic E-state index is -0.408. The maximum atomic E-state index is 14.1. The van der Waals surface area contributed by atoms with Gasteiger partial charge in [-0.15, -0.1) is 11.3 Å². The molecule has 0 spiro atoms. The fourth-order valence-electron chi connectivity index (χ4n) is 2.03. The molecule has 0 atom stereocenters. The molecule has 0 aliphatic carbocycles. The van der Waals surface area contributed by atoms with E-state index in [1.807, 2.05) is 11.4 Å². The Morgan fingerprint density at radius 3 is 2.90 bits per heavy atom. The lowest BCUT2D eigenvalue weighted by Gasteiger charge is -2.06. The van der Waals surface area contributed by atoms with E-state index in [-0.39, 0.29) is 10.7 Å². The van der Waals surface area contributed by atoms with Gasteiger partial charge in [0.25, 0.3) is 0 Å². The molecule has 0 radical (unpaired) electrons. The van der Waals surface area contributed by atoms with E-state index in [1.54, 1.807) is 6.07 Å². The maximum Gasteiger partial charge on any atom is 0.171 e. The van der Waals surface area contributed by atoms with E-state index in [0.29, 0.717) is 15.7 Å². The molecule has 0 aliphatic heterocycles. The van der Waals surface area contributed by atoms with Gasteiger partial charge in [-0.25, -0.2) is 14.4 Å². The zero-order valence-corrected chi connectivity index (χ0v) is 13.6. The summed E-state index contributed by atoms with van der Waals surface area (Å²) in [5.74, 6) is 0.0742. The highest BCUT2D eigenvalue weighted by Gasteiger charge is 2.15. The van der Waals surface area contributed by atoms with Crippen LogP contribution in [0, 0.1) is 5.82 Å². The van der Waals surface area contributed by atoms with Crippen LogP contribution in [0.3, 0.4) is 0 Å². The summed E-state index contributed by atoms with van der Waals surface area (Å²) in [5.41, 5.74) is 1.39. The van der Waals surface area contributed by atoms with E-state index in [9.17, 15) is 4.39 Å². The van der Waals surface area contributed by atoms with Crippen molar-refractivity contribution in [1.29, 1.82) is 0 Å². The number of aromatic nitrogens is 2. The Bertz CT molecular complexity index is 803. The second-order valence-corrected chi connectivity index (χ2v) is 6.44. The summed E-state index contributed by atoms with van der Waals surface area (Å²) in [7, 11) is 0. The molecule has 2 nitrogen and oxygen atoms in total. The van der Waals surface area contributed by atoms with Crippen LogP contribution >= 0.6 is 38.9 Å². The first-order chi connectivity index (χ1) is 9.60. The van der Waals surface area contributed by atoms with Gasteiger partial charge in [-0.05, 0) is 35.6 Å². The Morgan fingerprint density at radius 1 is 1.35 bits per heavy atom. The van der Waals surface area contributed by atoms with Gasteiger partial charge in [0, 0.05) is 9.86 Å². The summed E-state index contributed by atoms with van der Waals surface area (Å²) >= 11 is 11.0. The van der Waals surface area contributed by atoms with Crippen molar-refractivity contribution >= 4 is 49.8 Å². The predicted molar refractivity (Wildman–Crippen MR) is 84.9 cm³/mol. The zero-order valence-electron chi connectivity index (χ0n) is 10.5. The first-order valence-corrected chi connectivity index (χ1v) is 8.04. The second-order valence-electron chi connectivity index (χ2n) is 4.25. The third-order valence-corrected chi connectivity index (χ3v) is 4.70. The fraction of sp³-hybridized carbons (Fsp3) is 0.143. The first-order valence-electron chi connectivity index (χ1n) is 5.99. The van der Waals surface area contributed by atoms with E-state index < -0.39 is 5.82 Å². The number of hydrogen-bond acceptors (Lipinski definition) is 3. The summed E-state index contributed by atoms with van der Waals surface area (Å²) in [6.07, 6.45) is 0.876. The van der Waals surface area contributed by atoms with Gasteiger partial charge < -0.3 is 0 Å². The normalized spacial score (nSPS) is 11.2. The van der Waals surface area contributed by atoms with E-state index in [2.05, 4.69) is 32.8 Å². The third-order valence-electron chi connectivity index (χ3n) is 3.00. The lowest BCUT2D eigenvalue weighted by Crippen LogP contribution is -1.95. The Morgan fingerprint density at radius 2 is 2.15 bits per heavy atom. The van der Waals surface area contributed by atoms with Crippen molar-refractivity contribution in [1.82, 2.24) is 9.97 Å². The van der Waals surface area contributed by atoms with Crippen LogP contribution in [0.15, 0.2) is 28.1 Å². The minimum Gasteiger partial charge on any atom is -0.224 e.